The maximum atomic E-state index is 3.47. The molecule has 0 aromatic rings. The highest BCUT2D eigenvalue weighted by Crippen LogP contribution is 1.65. The molecule has 0 saturated carbocycles. The summed E-state index contributed by atoms with van der Waals surface area (Å²) in [5.74, 6) is 0. The second-order valence-electron chi connectivity index (χ2n) is 0.780. The minimum Gasteiger partial charge on any atom is -0.147 e. The third kappa shape index (κ3) is 197. The monoisotopic (exact) mass is 141 g/mol. The molecule has 0 aliphatic rings. The van der Waals surface area contributed by atoms with E-state index in [0.717, 1.165) is 5.20 Å². The van der Waals surface area contributed by atoms with Crippen LogP contribution in [0.4, 0.5) is 0 Å². The largest absolute Gasteiger partial charge is 0.147 e. The van der Waals surface area contributed by atoms with E-state index in [0.29, 0.717) is 0 Å². The third-order valence-electron chi connectivity index (χ3n) is 0. The number of rotatable bonds is 0. The van der Waals surface area contributed by atoms with Crippen molar-refractivity contribution in [1.29, 1.82) is 0 Å². The van der Waals surface area contributed by atoms with Crippen LogP contribution >= 0.6 is 24.8 Å². The quantitative estimate of drug-likeness (QED) is 0.450. The Morgan fingerprint density at radius 2 is 1.50 bits per heavy atom. The van der Waals surface area contributed by atoms with Crippen molar-refractivity contribution in [2.24, 2.45) is 0 Å². The fourth-order valence-electron chi connectivity index (χ4n) is 0. The van der Waals surface area contributed by atoms with Gasteiger partial charge < -0.3 is 0 Å². The first-order chi connectivity index (χ1) is 1.73. The summed E-state index contributed by atoms with van der Waals surface area (Å²) >= 11 is 0. The summed E-state index contributed by atoms with van der Waals surface area (Å²) in [5.41, 5.74) is 0. The molecule has 0 nitrogen and oxygen atoms in total. The van der Waals surface area contributed by atoms with Crippen molar-refractivity contribution in [3.8, 4) is 0 Å². The van der Waals surface area contributed by atoms with Gasteiger partial charge in [0, 0.05) is 0 Å². The van der Waals surface area contributed by atoms with Crippen molar-refractivity contribution < 1.29 is 0 Å². The predicted octanol–water partition coefficient (Wildman–Crippen LogP) is 1.53. The molecule has 0 heterocycles. The van der Waals surface area contributed by atoms with Gasteiger partial charge in [0.15, 0.2) is 0 Å². The van der Waals surface area contributed by atoms with Crippen molar-refractivity contribution in [2.45, 2.75) is 6.92 Å². The first-order valence-electron chi connectivity index (χ1n) is 1.10. The lowest BCUT2D eigenvalue weighted by molar-refractivity contribution is 1.72. The van der Waals surface area contributed by atoms with Gasteiger partial charge in [-0.3, -0.25) is 0 Å². The van der Waals surface area contributed by atoms with Crippen molar-refractivity contribution >= 4 is 35.1 Å². The highest BCUT2D eigenvalue weighted by molar-refractivity contribution is 6.20. The zero-order valence-corrected chi connectivity index (χ0v) is 6.16. The molecule has 0 saturated heterocycles. The van der Waals surface area contributed by atoms with E-state index in [1.165, 1.54) is 0 Å². The summed E-state index contributed by atoms with van der Waals surface area (Å²) in [4.78, 5) is 0. The molecule has 0 aliphatic carbocycles. The van der Waals surface area contributed by atoms with Gasteiger partial charge in [-0.25, -0.2) is 0 Å². The van der Waals surface area contributed by atoms with Gasteiger partial charge in [-0.1, -0.05) is 5.20 Å². The molecule has 0 aliphatic heterocycles. The Kier molecular flexibility index (Phi) is 24.3. The molecule has 0 aromatic carbocycles. The summed E-state index contributed by atoms with van der Waals surface area (Å²) in [7, 11) is 3.12. The average molecular weight is 142 g/mol. The van der Waals surface area contributed by atoms with Crippen molar-refractivity contribution in [3.63, 3.8) is 0 Å². The van der Waals surface area contributed by atoms with E-state index in [-0.39, 0.29) is 24.8 Å². The van der Waals surface area contributed by atoms with E-state index in [1.807, 2.05) is 6.92 Å². The molecule has 0 bridgehead atoms. The maximum absolute atomic E-state index is 3.47. The molecule has 6 heavy (non-hydrogen) atoms. The number of hydrogen-bond donors (Lipinski definition) is 0. The molecule has 0 spiro atoms. The zero-order chi connectivity index (χ0) is 3.58. The van der Waals surface area contributed by atoms with Crippen molar-refractivity contribution in [2.75, 3.05) is 0 Å². The Morgan fingerprint density at radius 1 is 1.50 bits per heavy atom. The molecular formula is C3H7Cl2Si. The van der Waals surface area contributed by atoms with Gasteiger partial charge in [0.25, 0.3) is 0 Å². The topological polar surface area (TPSA) is 0 Å². The predicted molar refractivity (Wildman–Crippen MR) is 35.1 cm³/mol. The van der Waals surface area contributed by atoms with Crippen molar-refractivity contribution in [3.05, 3.63) is 11.8 Å². The first kappa shape index (κ1) is 16.0. The molecule has 0 amide bonds. The van der Waals surface area contributed by atoms with E-state index in [2.05, 4.69) is 16.8 Å². The second kappa shape index (κ2) is 9.11. The highest BCUT2D eigenvalue weighted by atomic mass is 35.5. The summed E-state index contributed by atoms with van der Waals surface area (Å²) < 4.78 is 0. The van der Waals surface area contributed by atoms with Crippen LogP contribution < -0.4 is 0 Å². The molecule has 0 fully saturated rings. The lowest BCUT2D eigenvalue weighted by Crippen LogP contribution is -1.56. The van der Waals surface area contributed by atoms with Crippen LogP contribution in [0.2, 0.25) is 0 Å². The average Bonchev–Trinajstić information content (AvgIpc) is 0.811. The van der Waals surface area contributed by atoms with E-state index in [4.69, 9.17) is 0 Å². The van der Waals surface area contributed by atoms with Gasteiger partial charge in [0.1, 0.15) is 0 Å². The Morgan fingerprint density at radius 3 is 1.50 bits per heavy atom. The van der Waals surface area contributed by atoms with E-state index in [1.54, 1.807) is 0 Å². The molecule has 0 rings (SSSR count). The lowest BCUT2D eigenvalue weighted by atomic mass is 10.8. The number of hydrogen-bond acceptors (Lipinski definition) is 0. The Bertz CT molecular complexity index is 31.8. The first-order valence-corrected chi connectivity index (χ1v) is 1.60. The van der Waals surface area contributed by atoms with Gasteiger partial charge in [-0.15, -0.1) is 31.4 Å². The summed E-state index contributed by atoms with van der Waals surface area (Å²) in [5, 5.41) is 0.972. The highest BCUT2D eigenvalue weighted by Gasteiger charge is 1.53. The Labute approximate surface area is 54.3 Å². The number of allylic oxidation sites excluding steroid dienone is 1. The molecule has 0 N–H and O–H groups in total. The Balaban J connectivity index is -0.0000000450. The third-order valence-corrected chi connectivity index (χ3v) is 0. The summed E-state index contributed by atoms with van der Waals surface area (Å²) in [6.45, 7) is 5.35. The van der Waals surface area contributed by atoms with E-state index >= 15 is 0 Å². The van der Waals surface area contributed by atoms with Gasteiger partial charge in [-0.2, -0.15) is 0 Å². The van der Waals surface area contributed by atoms with E-state index < -0.39 is 0 Å². The zero-order valence-electron chi connectivity index (χ0n) is 3.52. The van der Waals surface area contributed by atoms with Crippen LogP contribution in [-0.2, 0) is 0 Å². The summed E-state index contributed by atoms with van der Waals surface area (Å²) in [6.07, 6.45) is 0. The van der Waals surface area contributed by atoms with Crippen LogP contribution in [0.25, 0.3) is 0 Å². The standard InChI is InChI=1S/C3H5Si.2ClH/c1-3(2)4;;/h1H2,2H3;2*1H. The van der Waals surface area contributed by atoms with Crippen LogP contribution in [0, 0.1) is 0 Å². The van der Waals surface area contributed by atoms with E-state index in [9.17, 15) is 0 Å². The molecule has 0 atom stereocenters. The second-order valence-corrected chi connectivity index (χ2v) is 1.63. The molecule has 3 heteroatoms. The molecule has 3 radical (unpaired) electrons. The van der Waals surface area contributed by atoms with Crippen LogP contribution in [0.15, 0.2) is 11.8 Å². The van der Waals surface area contributed by atoms with Crippen LogP contribution in [0.5, 0.6) is 0 Å². The van der Waals surface area contributed by atoms with Crippen LogP contribution in [-0.4, -0.2) is 10.2 Å². The van der Waals surface area contributed by atoms with Crippen LogP contribution in [0.1, 0.15) is 6.92 Å². The SMILES string of the molecule is C=C(C)[Si].Cl.Cl. The lowest BCUT2D eigenvalue weighted by Gasteiger charge is -1.64. The van der Waals surface area contributed by atoms with Gasteiger partial charge in [-0.05, 0) is 6.92 Å². The molecular weight excluding hydrogens is 135 g/mol. The molecule has 0 aromatic heterocycles. The fraction of sp³-hybridized carbons (Fsp3) is 0.333. The minimum absolute atomic E-state index is 0. The Hall–Kier alpha value is 0.537. The van der Waals surface area contributed by atoms with Crippen LogP contribution in [0.3, 0.4) is 0 Å². The maximum Gasteiger partial charge on any atom is 0.0638 e. The smallest absolute Gasteiger partial charge is 0.0638 e. The normalized spacial score (nSPS) is 4.33. The minimum atomic E-state index is 0. The van der Waals surface area contributed by atoms with Crippen molar-refractivity contribution in [1.82, 2.24) is 0 Å². The van der Waals surface area contributed by atoms with Gasteiger partial charge >= 0.3 is 0 Å². The molecule has 37 valence electrons. The fourth-order valence-corrected chi connectivity index (χ4v) is 0. The van der Waals surface area contributed by atoms with Gasteiger partial charge in [0.2, 0.25) is 0 Å². The van der Waals surface area contributed by atoms with Gasteiger partial charge in [0.05, 0.1) is 10.2 Å². The summed E-state index contributed by atoms with van der Waals surface area (Å²) in [6, 6.07) is 0. The molecule has 0 unspecified atom stereocenters. The number of halogens is 2.